The third-order valence-electron chi connectivity index (χ3n) is 2.76. The molecule has 0 fully saturated rings. The first-order valence-corrected chi connectivity index (χ1v) is 5.89. The molecule has 1 rings (SSSR count). The minimum atomic E-state index is 0.498. The lowest BCUT2D eigenvalue weighted by Crippen LogP contribution is -1.96. The summed E-state index contributed by atoms with van der Waals surface area (Å²) in [4.78, 5) is 13.5. The number of methoxy groups -OCH3 is 1. The minimum Gasteiger partial charge on any atom is -0.496 e. The molecule has 0 aliphatic rings. The van der Waals surface area contributed by atoms with Gasteiger partial charge in [0.25, 0.3) is 0 Å². The minimum absolute atomic E-state index is 0.498. The molecule has 3 nitrogen and oxygen atoms in total. The van der Waals surface area contributed by atoms with E-state index in [2.05, 4.69) is 37.0 Å². The van der Waals surface area contributed by atoms with Crippen LogP contribution in [0, 0.1) is 0 Å². The molecule has 3 heteroatoms. The first-order valence-electron chi connectivity index (χ1n) is 5.89. The van der Waals surface area contributed by atoms with Gasteiger partial charge in [0.2, 0.25) is 6.08 Å². The van der Waals surface area contributed by atoms with Crippen LogP contribution in [0.4, 0.5) is 0 Å². The van der Waals surface area contributed by atoms with Crippen molar-refractivity contribution in [2.24, 2.45) is 4.99 Å². The highest BCUT2D eigenvalue weighted by molar-refractivity contribution is 5.39. The molecule has 1 aromatic rings. The van der Waals surface area contributed by atoms with Gasteiger partial charge in [-0.05, 0) is 36.0 Å². The van der Waals surface area contributed by atoms with Crippen molar-refractivity contribution in [3.8, 4) is 5.75 Å². The average molecular weight is 233 g/mol. The number of ether oxygens (including phenoxy) is 1. The van der Waals surface area contributed by atoms with Gasteiger partial charge in [0.05, 0.1) is 13.7 Å². The second-order valence-electron chi connectivity index (χ2n) is 4.30. The summed E-state index contributed by atoms with van der Waals surface area (Å²) in [5.41, 5.74) is 2.44. The van der Waals surface area contributed by atoms with Crippen molar-refractivity contribution in [2.45, 2.75) is 32.6 Å². The number of isocyanates is 1. The van der Waals surface area contributed by atoms with Crippen LogP contribution in [0.1, 0.15) is 37.3 Å². The highest BCUT2D eigenvalue weighted by Crippen LogP contribution is 2.25. The zero-order chi connectivity index (χ0) is 12.7. The summed E-state index contributed by atoms with van der Waals surface area (Å²) < 4.78 is 5.39. The van der Waals surface area contributed by atoms with Gasteiger partial charge in [-0.3, -0.25) is 0 Å². The van der Waals surface area contributed by atoms with E-state index in [-0.39, 0.29) is 0 Å². The van der Waals surface area contributed by atoms with Crippen molar-refractivity contribution in [3.05, 3.63) is 29.3 Å². The monoisotopic (exact) mass is 233 g/mol. The molecule has 0 saturated heterocycles. The first kappa shape index (κ1) is 13.5. The van der Waals surface area contributed by atoms with Crippen molar-refractivity contribution < 1.29 is 9.53 Å². The van der Waals surface area contributed by atoms with Crippen molar-refractivity contribution in [1.82, 2.24) is 0 Å². The molecule has 1 aromatic carbocycles. The summed E-state index contributed by atoms with van der Waals surface area (Å²) in [5, 5.41) is 0. The summed E-state index contributed by atoms with van der Waals surface area (Å²) in [7, 11) is 1.69. The van der Waals surface area contributed by atoms with Gasteiger partial charge < -0.3 is 4.74 Å². The Morgan fingerprint density at radius 3 is 2.76 bits per heavy atom. The fourth-order valence-corrected chi connectivity index (χ4v) is 1.72. The van der Waals surface area contributed by atoms with E-state index >= 15 is 0 Å². The Labute approximate surface area is 103 Å². The highest BCUT2D eigenvalue weighted by atomic mass is 16.5. The van der Waals surface area contributed by atoms with E-state index in [4.69, 9.17) is 4.74 Å². The number of hydrogen-bond acceptors (Lipinski definition) is 3. The van der Waals surface area contributed by atoms with E-state index < -0.39 is 0 Å². The molecule has 0 unspecified atom stereocenters. The Balaban J connectivity index is 2.74. The van der Waals surface area contributed by atoms with Crippen molar-refractivity contribution in [1.29, 1.82) is 0 Å². The number of aryl methyl sites for hydroxylation is 1. The van der Waals surface area contributed by atoms with Gasteiger partial charge in [0.15, 0.2) is 0 Å². The van der Waals surface area contributed by atoms with E-state index in [1.165, 1.54) is 5.56 Å². The van der Waals surface area contributed by atoms with Crippen LogP contribution in [0.3, 0.4) is 0 Å². The molecular weight excluding hydrogens is 214 g/mol. The van der Waals surface area contributed by atoms with Gasteiger partial charge in [0, 0.05) is 0 Å². The molecule has 0 radical (unpaired) electrons. The fraction of sp³-hybridized carbons (Fsp3) is 0.500. The lowest BCUT2D eigenvalue weighted by Gasteiger charge is -2.12. The molecular formula is C14H19NO2. The summed E-state index contributed by atoms with van der Waals surface area (Å²) in [5.74, 6) is 1.42. The topological polar surface area (TPSA) is 38.7 Å². The Morgan fingerprint density at radius 2 is 2.18 bits per heavy atom. The zero-order valence-corrected chi connectivity index (χ0v) is 10.7. The van der Waals surface area contributed by atoms with Gasteiger partial charge in [-0.15, -0.1) is 0 Å². The zero-order valence-electron chi connectivity index (χ0n) is 10.7. The third-order valence-corrected chi connectivity index (χ3v) is 2.76. The molecule has 0 aliphatic heterocycles. The Morgan fingerprint density at radius 1 is 1.41 bits per heavy atom. The molecule has 92 valence electrons. The van der Waals surface area contributed by atoms with Crippen molar-refractivity contribution in [2.75, 3.05) is 13.7 Å². The molecule has 0 aliphatic carbocycles. The molecule has 0 N–H and O–H groups in total. The van der Waals surface area contributed by atoms with Crippen LogP contribution in [-0.4, -0.2) is 19.7 Å². The third kappa shape index (κ3) is 4.04. The Bertz CT molecular complexity index is 407. The van der Waals surface area contributed by atoms with Crippen LogP contribution < -0.4 is 4.74 Å². The van der Waals surface area contributed by atoms with Crippen LogP contribution in [0.25, 0.3) is 0 Å². The molecule has 0 spiro atoms. The van der Waals surface area contributed by atoms with Crippen LogP contribution in [-0.2, 0) is 11.2 Å². The predicted molar refractivity (Wildman–Crippen MR) is 68.4 cm³/mol. The second kappa shape index (κ2) is 6.87. The lowest BCUT2D eigenvalue weighted by molar-refractivity contribution is 0.408. The maximum Gasteiger partial charge on any atom is 0.234 e. The summed E-state index contributed by atoms with van der Waals surface area (Å²) in [6.07, 6.45) is 3.26. The molecule has 17 heavy (non-hydrogen) atoms. The van der Waals surface area contributed by atoms with Gasteiger partial charge in [0.1, 0.15) is 5.75 Å². The number of nitrogens with zero attached hydrogens (tertiary/aromatic N) is 1. The molecule has 0 saturated carbocycles. The van der Waals surface area contributed by atoms with E-state index in [9.17, 15) is 4.79 Å². The SMILES string of the molecule is COc1cc(C(C)C)ccc1CCCN=C=O. The van der Waals surface area contributed by atoms with Crippen molar-refractivity contribution >= 4 is 6.08 Å². The largest absolute Gasteiger partial charge is 0.496 e. The normalized spacial score (nSPS) is 10.1. The lowest BCUT2D eigenvalue weighted by atomic mass is 9.99. The second-order valence-corrected chi connectivity index (χ2v) is 4.30. The summed E-state index contributed by atoms with van der Waals surface area (Å²) in [6.45, 7) is 4.85. The summed E-state index contributed by atoms with van der Waals surface area (Å²) in [6, 6.07) is 6.31. The first-order chi connectivity index (χ1) is 8.19. The molecule has 0 bridgehead atoms. The van der Waals surface area contributed by atoms with Crippen LogP contribution >= 0.6 is 0 Å². The van der Waals surface area contributed by atoms with E-state index in [0.29, 0.717) is 12.5 Å². The maximum absolute atomic E-state index is 9.94. The molecule has 0 amide bonds. The van der Waals surface area contributed by atoms with E-state index in [1.54, 1.807) is 13.2 Å². The molecule has 0 heterocycles. The van der Waals surface area contributed by atoms with Gasteiger partial charge in [-0.1, -0.05) is 26.0 Å². The van der Waals surface area contributed by atoms with Crippen LogP contribution in [0.15, 0.2) is 23.2 Å². The number of hydrogen-bond donors (Lipinski definition) is 0. The predicted octanol–water partition coefficient (Wildman–Crippen LogP) is 3.09. The average Bonchev–Trinajstić information content (AvgIpc) is 2.34. The number of benzene rings is 1. The van der Waals surface area contributed by atoms with Crippen LogP contribution in [0.5, 0.6) is 5.75 Å². The highest BCUT2D eigenvalue weighted by Gasteiger charge is 2.06. The molecule has 0 atom stereocenters. The molecule has 0 aromatic heterocycles. The Hall–Kier alpha value is -1.60. The summed E-state index contributed by atoms with van der Waals surface area (Å²) >= 11 is 0. The number of aliphatic imine (C=N–C) groups is 1. The van der Waals surface area contributed by atoms with E-state index in [1.807, 2.05) is 0 Å². The number of rotatable bonds is 6. The number of carbonyl (C=O) groups excluding carboxylic acids is 1. The fourth-order valence-electron chi connectivity index (χ4n) is 1.72. The van der Waals surface area contributed by atoms with Crippen LogP contribution in [0.2, 0.25) is 0 Å². The smallest absolute Gasteiger partial charge is 0.234 e. The standard InChI is InChI=1S/C14H19NO2/c1-11(2)13-7-6-12(14(9-13)17-3)5-4-8-15-10-16/h6-7,9,11H,4-5,8H2,1-3H3. The van der Waals surface area contributed by atoms with Gasteiger partial charge >= 0.3 is 0 Å². The van der Waals surface area contributed by atoms with Gasteiger partial charge in [-0.25, -0.2) is 9.79 Å². The van der Waals surface area contributed by atoms with Gasteiger partial charge in [-0.2, -0.15) is 0 Å². The van der Waals surface area contributed by atoms with E-state index in [0.717, 1.165) is 24.2 Å². The quantitative estimate of drug-likeness (QED) is 0.430. The Kier molecular flexibility index (Phi) is 5.44. The van der Waals surface area contributed by atoms with Crippen molar-refractivity contribution in [3.63, 3.8) is 0 Å². The maximum atomic E-state index is 9.94.